The molecule has 0 unspecified atom stereocenters. The Labute approximate surface area is 189 Å². The maximum absolute atomic E-state index is 13.7. The summed E-state index contributed by atoms with van der Waals surface area (Å²) in [5, 5.41) is 6.44. The molecule has 1 atom stereocenters. The number of carbonyl (C=O) groups is 1. The van der Waals surface area contributed by atoms with Crippen LogP contribution in [0.4, 0.5) is 20.8 Å². The van der Waals surface area contributed by atoms with Crippen molar-refractivity contribution in [1.82, 2.24) is 15.3 Å². The Hall–Kier alpha value is -3.20. The summed E-state index contributed by atoms with van der Waals surface area (Å²) in [7, 11) is 0. The number of benzene rings is 1. The normalized spacial score (nSPS) is 15.6. The molecule has 8 nitrogen and oxygen atoms in total. The van der Waals surface area contributed by atoms with Crippen LogP contribution in [0.25, 0.3) is 11.0 Å². The van der Waals surface area contributed by atoms with Gasteiger partial charge in [0, 0.05) is 27.0 Å². The summed E-state index contributed by atoms with van der Waals surface area (Å²) in [5.74, 6) is 0.910. The number of nitrogens with one attached hydrogen (secondary N) is 2. The molecule has 1 saturated heterocycles. The van der Waals surface area contributed by atoms with E-state index in [2.05, 4.69) is 20.6 Å². The van der Waals surface area contributed by atoms with E-state index < -0.39 is 6.03 Å². The van der Waals surface area contributed by atoms with Crippen molar-refractivity contribution in [3.05, 3.63) is 47.7 Å². The minimum absolute atomic E-state index is 0. The first-order chi connectivity index (χ1) is 15.4. The standard InChI is InChI=1S/C23H28FN5O3.2H2/c1-14(2)20(21-15(3)18-10-16(24)6-7-19(18)32-21)28-23(30)27-17-11-25-22(26-12-17)29-8-4-5-9-31-13-29;;/h6-7,10-12,14,20H,4-5,8-9,13H2,1-3H3,(H2,27,28,30);2*1H/t20-;;/m1../s1. The van der Waals surface area contributed by atoms with Gasteiger partial charge in [0.1, 0.15) is 23.9 Å². The van der Waals surface area contributed by atoms with Crippen molar-refractivity contribution in [2.24, 2.45) is 5.92 Å². The van der Waals surface area contributed by atoms with Crippen LogP contribution < -0.4 is 15.5 Å². The van der Waals surface area contributed by atoms with E-state index in [0.29, 0.717) is 35.1 Å². The molecular weight excluding hydrogens is 413 g/mol. The van der Waals surface area contributed by atoms with Crippen molar-refractivity contribution in [1.29, 1.82) is 0 Å². The van der Waals surface area contributed by atoms with Gasteiger partial charge >= 0.3 is 6.03 Å². The lowest BCUT2D eigenvalue weighted by Gasteiger charge is -2.22. The Kier molecular flexibility index (Phi) is 6.55. The van der Waals surface area contributed by atoms with Gasteiger partial charge in [-0.3, -0.25) is 0 Å². The first-order valence-corrected chi connectivity index (χ1v) is 10.8. The first-order valence-electron chi connectivity index (χ1n) is 10.8. The summed E-state index contributed by atoms with van der Waals surface area (Å²) in [6.07, 6.45) is 5.20. The van der Waals surface area contributed by atoms with E-state index in [9.17, 15) is 9.18 Å². The van der Waals surface area contributed by atoms with Crippen LogP contribution in [-0.4, -0.2) is 35.9 Å². The average molecular weight is 446 g/mol. The Morgan fingerprint density at radius 2 is 2.03 bits per heavy atom. The third-order valence-corrected chi connectivity index (χ3v) is 5.56. The van der Waals surface area contributed by atoms with E-state index in [0.717, 1.165) is 31.6 Å². The van der Waals surface area contributed by atoms with Crippen LogP contribution in [0.15, 0.2) is 35.0 Å². The highest BCUT2D eigenvalue weighted by Gasteiger charge is 2.25. The zero-order valence-electron chi connectivity index (χ0n) is 18.5. The number of ether oxygens (including phenoxy) is 1. The van der Waals surface area contributed by atoms with Crippen LogP contribution in [0.1, 0.15) is 46.9 Å². The van der Waals surface area contributed by atoms with Gasteiger partial charge in [0.05, 0.1) is 24.1 Å². The molecule has 0 radical (unpaired) electrons. The number of furan rings is 1. The van der Waals surface area contributed by atoms with E-state index in [-0.39, 0.29) is 20.6 Å². The van der Waals surface area contributed by atoms with Crippen molar-refractivity contribution < 1.29 is 21.2 Å². The molecular formula is C23H32FN5O3. The third-order valence-electron chi connectivity index (χ3n) is 5.56. The molecule has 0 aliphatic carbocycles. The highest BCUT2D eigenvalue weighted by molar-refractivity contribution is 5.89. The average Bonchev–Trinajstić information content (AvgIpc) is 2.94. The molecule has 1 aliphatic rings. The van der Waals surface area contributed by atoms with Crippen LogP contribution in [-0.2, 0) is 4.74 Å². The van der Waals surface area contributed by atoms with E-state index >= 15 is 0 Å². The minimum atomic E-state index is -0.399. The van der Waals surface area contributed by atoms with Crippen LogP contribution in [0, 0.1) is 18.7 Å². The molecule has 1 fully saturated rings. The number of halogens is 1. The maximum Gasteiger partial charge on any atom is 0.319 e. The molecule has 0 spiro atoms. The molecule has 2 aromatic heterocycles. The predicted molar refractivity (Wildman–Crippen MR) is 124 cm³/mol. The topological polar surface area (TPSA) is 92.5 Å². The fourth-order valence-corrected chi connectivity index (χ4v) is 3.80. The summed E-state index contributed by atoms with van der Waals surface area (Å²) in [5.41, 5.74) is 1.88. The van der Waals surface area contributed by atoms with Crippen LogP contribution in [0.5, 0.6) is 0 Å². The molecule has 3 aromatic rings. The molecule has 1 aliphatic heterocycles. The fraction of sp³-hybridized carbons (Fsp3) is 0.435. The molecule has 3 heterocycles. The largest absolute Gasteiger partial charge is 0.459 e. The highest BCUT2D eigenvalue weighted by Crippen LogP contribution is 2.33. The molecule has 9 heteroatoms. The number of amides is 2. The van der Waals surface area contributed by atoms with Crippen molar-refractivity contribution in [2.75, 3.05) is 30.1 Å². The lowest BCUT2D eigenvalue weighted by atomic mass is 9.98. The minimum Gasteiger partial charge on any atom is -0.459 e. The van der Waals surface area contributed by atoms with Crippen LogP contribution >= 0.6 is 0 Å². The van der Waals surface area contributed by atoms with Crippen molar-refractivity contribution in [3.8, 4) is 0 Å². The zero-order chi connectivity index (χ0) is 22.7. The van der Waals surface area contributed by atoms with Gasteiger partial charge < -0.3 is 24.7 Å². The number of anilines is 2. The monoisotopic (exact) mass is 445 g/mol. The molecule has 1 aromatic carbocycles. The lowest BCUT2D eigenvalue weighted by molar-refractivity contribution is 0.145. The number of aromatic nitrogens is 2. The van der Waals surface area contributed by atoms with Gasteiger partial charge in [0.2, 0.25) is 5.95 Å². The number of hydrogen-bond acceptors (Lipinski definition) is 6. The second-order valence-electron chi connectivity index (χ2n) is 8.33. The van der Waals surface area contributed by atoms with Crippen LogP contribution in [0.3, 0.4) is 0 Å². The molecule has 4 rings (SSSR count). The summed E-state index contributed by atoms with van der Waals surface area (Å²) in [6.45, 7) is 7.88. The smallest absolute Gasteiger partial charge is 0.319 e. The van der Waals surface area contributed by atoms with Gasteiger partial charge in [-0.15, -0.1) is 0 Å². The predicted octanol–water partition coefficient (Wildman–Crippen LogP) is 5.26. The zero-order valence-corrected chi connectivity index (χ0v) is 18.5. The number of nitrogens with zero attached hydrogens (tertiary/aromatic N) is 3. The van der Waals surface area contributed by atoms with Gasteiger partial charge in [-0.25, -0.2) is 19.2 Å². The lowest BCUT2D eigenvalue weighted by Crippen LogP contribution is -2.35. The molecule has 174 valence electrons. The molecule has 32 heavy (non-hydrogen) atoms. The van der Waals surface area contributed by atoms with Gasteiger partial charge in [-0.2, -0.15) is 0 Å². The number of urea groups is 1. The number of carbonyl (C=O) groups excluding carboxylic acids is 1. The van der Waals surface area contributed by atoms with Crippen LogP contribution in [0.2, 0.25) is 0 Å². The maximum atomic E-state index is 13.7. The quantitative estimate of drug-likeness (QED) is 0.557. The second kappa shape index (κ2) is 9.52. The number of aryl methyl sites for hydroxylation is 1. The molecule has 2 N–H and O–H groups in total. The van der Waals surface area contributed by atoms with Crippen molar-refractivity contribution in [3.63, 3.8) is 0 Å². The van der Waals surface area contributed by atoms with Crippen molar-refractivity contribution >= 4 is 28.6 Å². The van der Waals surface area contributed by atoms with E-state index in [4.69, 9.17) is 9.15 Å². The van der Waals surface area contributed by atoms with Gasteiger partial charge in [0.25, 0.3) is 0 Å². The summed E-state index contributed by atoms with van der Waals surface area (Å²) >= 11 is 0. The first kappa shape index (κ1) is 22.0. The Balaban J connectivity index is 0.00000204. The Morgan fingerprint density at radius 3 is 2.78 bits per heavy atom. The van der Waals surface area contributed by atoms with Crippen molar-refractivity contribution in [2.45, 2.75) is 39.7 Å². The van der Waals surface area contributed by atoms with Gasteiger partial charge in [0.15, 0.2) is 0 Å². The molecule has 0 saturated carbocycles. The summed E-state index contributed by atoms with van der Waals surface area (Å²) in [6, 6.07) is 3.63. The third kappa shape index (κ3) is 4.83. The number of hydrogen-bond donors (Lipinski definition) is 2. The van der Waals surface area contributed by atoms with Gasteiger partial charge in [-0.1, -0.05) is 13.8 Å². The molecule has 2 amide bonds. The second-order valence-corrected chi connectivity index (χ2v) is 8.33. The Morgan fingerprint density at radius 1 is 1.25 bits per heavy atom. The number of rotatable bonds is 5. The van der Waals surface area contributed by atoms with Gasteiger partial charge in [-0.05, 0) is 43.9 Å². The fourth-order valence-electron chi connectivity index (χ4n) is 3.80. The number of fused-ring (bicyclic) bond motifs is 1. The SMILES string of the molecule is Cc1c([C@H](NC(=O)Nc2cnc(N3CCCCOC3)nc2)C(C)C)oc2ccc(F)cc12.[HH].[HH]. The van der Waals surface area contributed by atoms with E-state index in [1.165, 1.54) is 12.1 Å². The van der Waals surface area contributed by atoms with E-state index in [1.807, 2.05) is 25.7 Å². The van der Waals surface area contributed by atoms with E-state index in [1.54, 1.807) is 18.5 Å². The molecule has 0 bridgehead atoms. The summed E-state index contributed by atoms with van der Waals surface area (Å²) < 4.78 is 25.2. The summed E-state index contributed by atoms with van der Waals surface area (Å²) in [4.78, 5) is 23.4. The highest BCUT2D eigenvalue weighted by atomic mass is 19.1. The Bertz CT molecular complexity index is 1090.